The van der Waals surface area contributed by atoms with Gasteiger partial charge in [-0.25, -0.2) is 0 Å². The molecule has 0 saturated heterocycles. The minimum Gasteiger partial charge on any atom is -0.395 e. The number of amides is 1. The third kappa shape index (κ3) is 3.68. The second-order valence-corrected chi connectivity index (χ2v) is 1.28. The Bertz CT molecular complexity index is 76.4. The summed E-state index contributed by atoms with van der Waals surface area (Å²) in [6.45, 7) is 0.252. The SMILES string of the molecule is [B]CC(=O)NCCO. The van der Waals surface area contributed by atoms with Gasteiger partial charge >= 0.3 is 0 Å². The monoisotopic (exact) mass is 113 g/mol. The zero-order chi connectivity index (χ0) is 6.41. The van der Waals surface area contributed by atoms with Gasteiger partial charge in [-0.15, -0.1) is 0 Å². The van der Waals surface area contributed by atoms with E-state index in [1.54, 1.807) is 0 Å². The Morgan fingerprint density at radius 1 is 1.75 bits per heavy atom. The number of hydrogen-bond acceptors (Lipinski definition) is 2. The highest BCUT2D eigenvalue weighted by molar-refractivity contribution is 6.19. The summed E-state index contributed by atoms with van der Waals surface area (Å²) >= 11 is 0. The van der Waals surface area contributed by atoms with Crippen LogP contribution < -0.4 is 5.32 Å². The number of carbonyl (C=O) groups is 1. The third-order valence-electron chi connectivity index (χ3n) is 0.619. The van der Waals surface area contributed by atoms with Crippen LogP contribution in [0.15, 0.2) is 0 Å². The molecule has 4 heteroatoms. The lowest BCUT2D eigenvalue weighted by Crippen LogP contribution is -2.25. The smallest absolute Gasteiger partial charge is 0.211 e. The molecule has 0 heterocycles. The Hall–Kier alpha value is -0.505. The fourth-order valence-electron chi connectivity index (χ4n) is 0.267. The Kier molecular flexibility index (Phi) is 4.36. The molecule has 1 amide bonds. The number of carbonyl (C=O) groups excluding carboxylic acids is 1. The van der Waals surface area contributed by atoms with E-state index >= 15 is 0 Å². The predicted molar refractivity (Wildman–Crippen MR) is 30.7 cm³/mol. The third-order valence-corrected chi connectivity index (χ3v) is 0.619. The van der Waals surface area contributed by atoms with Crippen molar-refractivity contribution < 1.29 is 9.90 Å². The van der Waals surface area contributed by atoms with Crippen LogP contribution in [-0.4, -0.2) is 32.0 Å². The first-order valence-electron chi connectivity index (χ1n) is 2.39. The number of aliphatic hydroxyl groups is 1. The van der Waals surface area contributed by atoms with Crippen LogP contribution in [-0.2, 0) is 4.79 Å². The van der Waals surface area contributed by atoms with E-state index in [9.17, 15) is 4.79 Å². The molecule has 0 aliphatic carbocycles. The molecule has 0 saturated carbocycles. The predicted octanol–water partition coefficient (Wildman–Crippen LogP) is -1.32. The lowest BCUT2D eigenvalue weighted by atomic mass is 10.1. The zero-order valence-corrected chi connectivity index (χ0v) is 4.55. The van der Waals surface area contributed by atoms with E-state index in [4.69, 9.17) is 13.0 Å². The van der Waals surface area contributed by atoms with Crippen molar-refractivity contribution in [3.63, 3.8) is 0 Å². The van der Waals surface area contributed by atoms with Crippen LogP contribution in [0.3, 0.4) is 0 Å². The van der Waals surface area contributed by atoms with Crippen molar-refractivity contribution in [3.05, 3.63) is 0 Å². The van der Waals surface area contributed by atoms with E-state index in [1.165, 1.54) is 0 Å². The first-order valence-corrected chi connectivity index (χ1v) is 2.39. The van der Waals surface area contributed by atoms with Gasteiger partial charge in [0.15, 0.2) is 0 Å². The molecular formula is C4H8BNO2. The maximum atomic E-state index is 10.2. The zero-order valence-electron chi connectivity index (χ0n) is 4.55. The van der Waals surface area contributed by atoms with Crippen LogP contribution in [0.2, 0.25) is 6.32 Å². The average Bonchev–Trinajstić information content (AvgIpc) is 1.83. The van der Waals surface area contributed by atoms with E-state index in [1.807, 2.05) is 0 Å². The van der Waals surface area contributed by atoms with Crippen LogP contribution in [0.4, 0.5) is 0 Å². The summed E-state index contributed by atoms with van der Waals surface area (Å²) in [5.41, 5.74) is 0. The van der Waals surface area contributed by atoms with Gasteiger partial charge in [0.1, 0.15) is 0 Å². The van der Waals surface area contributed by atoms with E-state index in [2.05, 4.69) is 5.32 Å². The lowest BCUT2D eigenvalue weighted by Gasteiger charge is -1.96. The molecule has 8 heavy (non-hydrogen) atoms. The molecule has 0 aromatic heterocycles. The van der Waals surface area contributed by atoms with E-state index < -0.39 is 0 Å². The highest BCUT2D eigenvalue weighted by atomic mass is 16.3. The van der Waals surface area contributed by atoms with Crippen molar-refractivity contribution in [2.75, 3.05) is 13.2 Å². The Balaban J connectivity index is 2.99. The van der Waals surface area contributed by atoms with Gasteiger partial charge in [0.25, 0.3) is 0 Å². The first-order chi connectivity index (χ1) is 3.81. The van der Waals surface area contributed by atoms with Crippen molar-refractivity contribution in [1.29, 1.82) is 0 Å². The molecule has 0 aliphatic rings. The Morgan fingerprint density at radius 3 is 2.75 bits per heavy atom. The molecule has 0 aliphatic heterocycles. The number of aliphatic hydroxyl groups excluding tert-OH is 1. The number of rotatable bonds is 3. The van der Waals surface area contributed by atoms with Crippen LogP contribution in [0, 0.1) is 0 Å². The number of hydrogen-bond donors (Lipinski definition) is 2. The highest BCUT2D eigenvalue weighted by Gasteiger charge is 1.90. The van der Waals surface area contributed by atoms with Crippen LogP contribution in [0.5, 0.6) is 0 Å². The fraction of sp³-hybridized carbons (Fsp3) is 0.750. The Labute approximate surface area is 49.5 Å². The molecule has 0 atom stereocenters. The van der Waals surface area contributed by atoms with E-state index in [0.29, 0.717) is 0 Å². The van der Waals surface area contributed by atoms with Crippen LogP contribution >= 0.6 is 0 Å². The van der Waals surface area contributed by atoms with E-state index in [0.717, 1.165) is 0 Å². The molecule has 0 aromatic carbocycles. The van der Waals surface area contributed by atoms with Crippen molar-refractivity contribution in [1.82, 2.24) is 5.32 Å². The first kappa shape index (κ1) is 7.49. The van der Waals surface area contributed by atoms with Crippen molar-refractivity contribution in [2.45, 2.75) is 6.32 Å². The van der Waals surface area contributed by atoms with Gasteiger partial charge in [0, 0.05) is 6.54 Å². The summed E-state index contributed by atoms with van der Waals surface area (Å²) in [7, 11) is 4.92. The summed E-state index contributed by atoms with van der Waals surface area (Å²) in [6, 6.07) is 0. The fourth-order valence-corrected chi connectivity index (χ4v) is 0.267. The molecule has 3 nitrogen and oxygen atoms in total. The summed E-state index contributed by atoms with van der Waals surface area (Å²) in [5.74, 6) is -0.237. The highest BCUT2D eigenvalue weighted by Crippen LogP contribution is 1.68. The quantitative estimate of drug-likeness (QED) is 0.446. The van der Waals surface area contributed by atoms with Crippen LogP contribution in [0.25, 0.3) is 0 Å². The van der Waals surface area contributed by atoms with Gasteiger partial charge in [-0.2, -0.15) is 0 Å². The molecule has 0 rings (SSSR count). The number of nitrogens with one attached hydrogen (secondary N) is 1. The molecule has 0 unspecified atom stereocenters. The molecule has 2 N–H and O–H groups in total. The topological polar surface area (TPSA) is 49.3 Å². The normalized spacial score (nSPS) is 8.62. The van der Waals surface area contributed by atoms with Gasteiger partial charge < -0.3 is 10.4 Å². The molecule has 0 bridgehead atoms. The summed E-state index contributed by atoms with van der Waals surface area (Å²) in [4.78, 5) is 10.2. The van der Waals surface area contributed by atoms with Gasteiger partial charge in [0.2, 0.25) is 5.91 Å². The molecule has 0 spiro atoms. The second kappa shape index (κ2) is 4.65. The van der Waals surface area contributed by atoms with Gasteiger partial charge in [0.05, 0.1) is 14.5 Å². The average molecular weight is 113 g/mol. The summed E-state index contributed by atoms with van der Waals surface area (Å²) in [5, 5.41) is 10.5. The summed E-state index contributed by atoms with van der Waals surface area (Å²) in [6.07, 6.45) is -0.0139. The maximum absolute atomic E-state index is 10.2. The van der Waals surface area contributed by atoms with E-state index in [-0.39, 0.29) is 25.4 Å². The maximum Gasteiger partial charge on any atom is 0.211 e. The molecular weight excluding hydrogens is 105 g/mol. The second-order valence-electron chi connectivity index (χ2n) is 1.28. The lowest BCUT2D eigenvalue weighted by molar-refractivity contribution is -0.119. The molecule has 2 radical (unpaired) electrons. The van der Waals surface area contributed by atoms with Crippen molar-refractivity contribution in [2.24, 2.45) is 0 Å². The molecule has 44 valence electrons. The Morgan fingerprint density at radius 2 is 2.38 bits per heavy atom. The summed E-state index contributed by atoms with van der Waals surface area (Å²) < 4.78 is 0. The van der Waals surface area contributed by atoms with Crippen molar-refractivity contribution >= 4 is 13.8 Å². The molecule has 0 fully saturated rings. The van der Waals surface area contributed by atoms with Gasteiger partial charge in [-0.05, 0) is 6.32 Å². The van der Waals surface area contributed by atoms with Gasteiger partial charge in [-0.1, -0.05) is 0 Å². The van der Waals surface area contributed by atoms with Crippen molar-refractivity contribution in [3.8, 4) is 0 Å². The largest absolute Gasteiger partial charge is 0.395 e. The van der Waals surface area contributed by atoms with Gasteiger partial charge in [-0.3, -0.25) is 4.79 Å². The standard InChI is InChI=1S/C4H8BNO2/c5-3-4(8)6-1-2-7/h7H,1-3H2,(H,6,8). The van der Waals surface area contributed by atoms with Crippen LogP contribution in [0.1, 0.15) is 0 Å². The molecule has 0 aromatic rings. The minimum atomic E-state index is -0.237. The minimum absolute atomic E-state index is 0.0139.